The highest BCUT2D eigenvalue weighted by Gasteiger charge is 2.43. The van der Waals surface area contributed by atoms with Gasteiger partial charge in [0.2, 0.25) is 5.91 Å². The van der Waals surface area contributed by atoms with Crippen molar-refractivity contribution in [2.24, 2.45) is 0 Å². The smallest absolute Gasteiger partial charge is 0.233 e. The fraction of sp³-hybridized carbons (Fsp3) is 0.588. The summed E-state index contributed by atoms with van der Waals surface area (Å²) in [6, 6.07) is 8.92. The van der Waals surface area contributed by atoms with E-state index in [0.717, 1.165) is 42.4 Å². The molecule has 21 heavy (non-hydrogen) atoms. The number of nitrogens with one attached hydrogen (secondary N) is 1. The standard InChI is InChI=1S/C17H23BrN2O/c1-17(2,12-4-3-5-13(18)10-12)16(21)20-14-6-7-15(20)11-19-9-8-14/h3-5,10,14-15,19H,6-9,11H2,1-2H3. The van der Waals surface area contributed by atoms with Crippen LogP contribution in [0.1, 0.15) is 38.7 Å². The summed E-state index contributed by atoms with van der Waals surface area (Å²) in [7, 11) is 0. The Kier molecular flexibility index (Phi) is 4.10. The van der Waals surface area contributed by atoms with Gasteiger partial charge in [-0.15, -0.1) is 0 Å². The molecule has 0 aromatic heterocycles. The van der Waals surface area contributed by atoms with E-state index in [1.165, 1.54) is 0 Å². The average molecular weight is 351 g/mol. The van der Waals surface area contributed by atoms with E-state index in [0.29, 0.717) is 12.1 Å². The molecule has 2 bridgehead atoms. The summed E-state index contributed by atoms with van der Waals surface area (Å²) in [5.41, 5.74) is 0.605. The monoisotopic (exact) mass is 350 g/mol. The lowest BCUT2D eigenvalue weighted by atomic mass is 9.82. The summed E-state index contributed by atoms with van der Waals surface area (Å²) in [5, 5.41) is 3.46. The van der Waals surface area contributed by atoms with Crippen LogP contribution in [0.4, 0.5) is 0 Å². The Balaban J connectivity index is 1.90. The second-order valence-electron chi connectivity index (χ2n) is 6.73. The molecule has 2 aliphatic heterocycles. The first-order chi connectivity index (χ1) is 10.00. The summed E-state index contributed by atoms with van der Waals surface area (Å²) in [4.78, 5) is 15.4. The maximum atomic E-state index is 13.2. The molecule has 2 unspecified atom stereocenters. The van der Waals surface area contributed by atoms with Gasteiger partial charge in [0, 0.05) is 23.1 Å². The highest BCUT2D eigenvalue weighted by Crippen LogP contribution is 2.35. The number of halogens is 1. The number of carbonyl (C=O) groups excluding carboxylic acids is 1. The van der Waals surface area contributed by atoms with E-state index >= 15 is 0 Å². The van der Waals surface area contributed by atoms with Crippen molar-refractivity contribution in [1.82, 2.24) is 10.2 Å². The van der Waals surface area contributed by atoms with Gasteiger partial charge in [0.25, 0.3) is 0 Å². The van der Waals surface area contributed by atoms with E-state index in [2.05, 4.69) is 52.1 Å². The number of hydrogen-bond acceptors (Lipinski definition) is 2. The van der Waals surface area contributed by atoms with E-state index in [4.69, 9.17) is 0 Å². The van der Waals surface area contributed by atoms with Crippen LogP contribution in [0.25, 0.3) is 0 Å². The van der Waals surface area contributed by atoms with Crippen LogP contribution < -0.4 is 5.32 Å². The summed E-state index contributed by atoms with van der Waals surface area (Å²) >= 11 is 3.51. The molecule has 1 N–H and O–H groups in total. The number of hydrogen-bond donors (Lipinski definition) is 1. The van der Waals surface area contributed by atoms with Crippen LogP contribution in [0.2, 0.25) is 0 Å². The van der Waals surface area contributed by atoms with E-state index < -0.39 is 5.41 Å². The molecule has 0 spiro atoms. The van der Waals surface area contributed by atoms with Crippen molar-refractivity contribution in [2.75, 3.05) is 13.1 Å². The molecule has 2 heterocycles. The normalized spacial score (nSPS) is 25.8. The average Bonchev–Trinajstić information content (AvgIpc) is 2.71. The van der Waals surface area contributed by atoms with Crippen molar-refractivity contribution < 1.29 is 4.79 Å². The molecule has 4 heteroatoms. The van der Waals surface area contributed by atoms with Gasteiger partial charge in [0.15, 0.2) is 0 Å². The highest BCUT2D eigenvalue weighted by molar-refractivity contribution is 9.10. The fourth-order valence-electron chi connectivity index (χ4n) is 3.64. The Morgan fingerprint density at radius 2 is 2.05 bits per heavy atom. The molecular weight excluding hydrogens is 328 g/mol. The molecule has 0 aliphatic carbocycles. The van der Waals surface area contributed by atoms with Crippen LogP contribution in [-0.4, -0.2) is 36.0 Å². The summed E-state index contributed by atoms with van der Waals surface area (Å²) in [6.07, 6.45) is 3.38. The largest absolute Gasteiger partial charge is 0.335 e. The maximum absolute atomic E-state index is 13.2. The Morgan fingerprint density at radius 3 is 2.81 bits per heavy atom. The van der Waals surface area contributed by atoms with Gasteiger partial charge < -0.3 is 10.2 Å². The lowest BCUT2D eigenvalue weighted by Gasteiger charge is -2.36. The number of fused-ring (bicyclic) bond motifs is 2. The van der Waals surface area contributed by atoms with Gasteiger partial charge in [0.05, 0.1) is 5.41 Å². The van der Waals surface area contributed by atoms with E-state index in [-0.39, 0.29) is 5.91 Å². The molecule has 3 rings (SSSR count). The molecule has 1 aromatic carbocycles. The fourth-order valence-corrected chi connectivity index (χ4v) is 4.04. The Labute approximate surface area is 135 Å². The van der Waals surface area contributed by atoms with Crippen molar-refractivity contribution in [3.05, 3.63) is 34.3 Å². The predicted octanol–water partition coefficient (Wildman–Crippen LogP) is 3.08. The quantitative estimate of drug-likeness (QED) is 0.888. The molecule has 3 nitrogen and oxygen atoms in total. The van der Waals surface area contributed by atoms with Crippen LogP contribution in [0, 0.1) is 0 Å². The zero-order valence-electron chi connectivity index (χ0n) is 12.7. The van der Waals surface area contributed by atoms with E-state index in [9.17, 15) is 4.79 Å². The van der Waals surface area contributed by atoms with E-state index in [1.54, 1.807) is 0 Å². The van der Waals surface area contributed by atoms with Crippen molar-refractivity contribution in [2.45, 2.75) is 50.6 Å². The van der Waals surface area contributed by atoms with Crippen LogP contribution in [0.3, 0.4) is 0 Å². The van der Waals surface area contributed by atoms with Crippen LogP contribution in [0.15, 0.2) is 28.7 Å². The second-order valence-corrected chi connectivity index (χ2v) is 7.64. The zero-order valence-corrected chi connectivity index (χ0v) is 14.3. The highest BCUT2D eigenvalue weighted by atomic mass is 79.9. The molecule has 1 aromatic rings. The number of rotatable bonds is 2. The minimum Gasteiger partial charge on any atom is -0.335 e. The molecule has 0 radical (unpaired) electrons. The summed E-state index contributed by atoms with van der Waals surface area (Å²) in [6.45, 7) is 6.07. The topological polar surface area (TPSA) is 32.3 Å². The molecule has 2 atom stereocenters. The molecule has 2 saturated heterocycles. The number of amides is 1. The third-order valence-corrected chi connectivity index (χ3v) is 5.46. The van der Waals surface area contributed by atoms with Gasteiger partial charge >= 0.3 is 0 Å². The van der Waals surface area contributed by atoms with Gasteiger partial charge in [-0.3, -0.25) is 4.79 Å². The van der Waals surface area contributed by atoms with Crippen molar-refractivity contribution in [3.8, 4) is 0 Å². The summed E-state index contributed by atoms with van der Waals surface area (Å²) < 4.78 is 1.03. The Morgan fingerprint density at radius 1 is 1.29 bits per heavy atom. The first-order valence-corrected chi connectivity index (χ1v) is 8.59. The number of benzene rings is 1. The SMILES string of the molecule is CC(C)(C(=O)N1C2CCNCC1CC2)c1cccc(Br)c1. The van der Waals surface area contributed by atoms with Gasteiger partial charge in [-0.1, -0.05) is 28.1 Å². The van der Waals surface area contributed by atoms with Crippen LogP contribution in [-0.2, 0) is 10.2 Å². The molecule has 1 amide bonds. The lowest BCUT2D eigenvalue weighted by Crippen LogP contribution is -2.50. The molecular formula is C17H23BrN2O. The molecule has 0 saturated carbocycles. The van der Waals surface area contributed by atoms with Gasteiger partial charge in [-0.2, -0.15) is 0 Å². The van der Waals surface area contributed by atoms with Crippen molar-refractivity contribution in [3.63, 3.8) is 0 Å². The Bertz CT molecular complexity index is 529. The second kappa shape index (κ2) is 5.73. The Hall–Kier alpha value is -0.870. The van der Waals surface area contributed by atoms with E-state index in [1.807, 2.05) is 12.1 Å². The van der Waals surface area contributed by atoms with Crippen LogP contribution >= 0.6 is 15.9 Å². The predicted molar refractivity (Wildman–Crippen MR) is 88.3 cm³/mol. The first-order valence-electron chi connectivity index (χ1n) is 7.79. The van der Waals surface area contributed by atoms with Gasteiger partial charge in [0.1, 0.15) is 0 Å². The third kappa shape index (κ3) is 2.76. The first kappa shape index (κ1) is 15.0. The maximum Gasteiger partial charge on any atom is 0.233 e. The molecule has 2 fully saturated rings. The molecule has 114 valence electrons. The molecule has 2 aliphatic rings. The number of carbonyl (C=O) groups is 1. The minimum atomic E-state index is -0.477. The number of nitrogens with zero attached hydrogens (tertiary/aromatic N) is 1. The third-order valence-electron chi connectivity index (χ3n) is 4.97. The van der Waals surface area contributed by atoms with Gasteiger partial charge in [-0.05, 0) is 57.4 Å². The van der Waals surface area contributed by atoms with Crippen LogP contribution in [0.5, 0.6) is 0 Å². The van der Waals surface area contributed by atoms with Gasteiger partial charge in [-0.25, -0.2) is 0 Å². The zero-order chi connectivity index (χ0) is 15.0. The lowest BCUT2D eigenvalue weighted by molar-refractivity contribution is -0.139. The van der Waals surface area contributed by atoms with Crippen molar-refractivity contribution in [1.29, 1.82) is 0 Å². The van der Waals surface area contributed by atoms with Crippen molar-refractivity contribution >= 4 is 21.8 Å². The summed E-state index contributed by atoms with van der Waals surface area (Å²) in [5.74, 6) is 0.275. The minimum absolute atomic E-state index is 0.275.